The number of ether oxygens (including phenoxy) is 1. The third-order valence-corrected chi connectivity index (χ3v) is 3.96. The highest BCUT2D eigenvalue weighted by atomic mass is 32.2. The highest BCUT2D eigenvalue weighted by Crippen LogP contribution is 2.33. The molecule has 0 spiro atoms. The Morgan fingerprint density at radius 3 is 3.11 bits per heavy atom. The average molecular weight is 265 g/mol. The highest BCUT2D eigenvalue weighted by molar-refractivity contribution is 7.98. The minimum Gasteiger partial charge on any atom is -0.493 e. The van der Waals surface area contributed by atoms with E-state index in [1.54, 1.807) is 0 Å². The van der Waals surface area contributed by atoms with Crippen molar-refractivity contribution in [2.45, 2.75) is 32.2 Å². The molecule has 2 rings (SSSR count). The molecule has 0 radical (unpaired) electrons. The molecule has 0 heterocycles. The molecule has 0 saturated heterocycles. The van der Waals surface area contributed by atoms with Crippen molar-refractivity contribution >= 4 is 11.8 Å². The van der Waals surface area contributed by atoms with E-state index in [4.69, 9.17) is 4.74 Å². The molecule has 100 valence electrons. The number of rotatable bonds is 7. The number of hydrogen-bond donors (Lipinski definition) is 1. The average Bonchev–Trinajstić information content (AvgIpc) is 2.79. The van der Waals surface area contributed by atoms with Gasteiger partial charge in [-0.15, -0.1) is 0 Å². The van der Waals surface area contributed by atoms with Gasteiger partial charge >= 0.3 is 0 Å². The third kappa shape index (κ3) is 3.42. The van der Waals surface area contributed by atoms with E-state index in [1.165, 1.54) is 30.4 Å². The van der Waals surface area contributed by atoms with E-state index >= 15 is 0 Å². The summed E-state index contributed by atoms with van der Waals surface area (Å²) in [5.74, 6) is 2.08. The number of thioether (sulfide) groups is 1. The molecule has 18 heavy (non-hydrogen) atoms. The van der Waals surface area contributed by atoms with Crippen molar-refractivity contribution in [3.8, 4) is 5.75 Å². The number of benzene rings is 1. The first-order valence-corrected chi connectivity index (χ1v) is 8.22. The summed E-state index contributed by atoms with van der Waals surface area (Å²) in [5.41, 5.74) is 2.94. The molecule has 0 bridgehead atoms. The lowest BCUT2D eigenvalue weighted by Gasteiger charge is -2.14. The van der Waals surface area contributed by atoms with Crippen LogP contribution in [0.4, 0.5) is 0 Å². The predicted molar refractivity (Wildman–Crippen MR) is 79.7 cm³/mol. The smallest absolute Gasteiger partial charge is 0.119 e. The van der Waals surface area contributed by atoms with Crippen molar-refractivity contribution in [2.24, 2.45) is 0 Å². The SMILES string of the molecule is CCCNC1CCc2cc(OCCSC)ccc21. The molecule has 3 heteroatoms. The molecule has 1 atom stereocenters. The zero-order chi connectivity index (χ0) is 12.8. The first kappa shape index (κ1) is 13.8. The minimum atomic E-state index is 0.556. The van der Waals surface area contributed by atoms with E-state index in [-0.39, 0.29) is 0 Å². The molecule has 0 fully saturated rings. The fourth-order valence-electron chi connectivity index (χ4n) is 2.46. The molecule has 0 amide bonds. The van der Waals surface area contributed by atoms with Crippen molar-refractivity contribution in [1.29, 1.82) is 0 Å². The molecule has 1 aliphatic rings. The normalized spacial score (nSPS) is 17.8. The van der Waals surface area contributed by atoms with Gasteiger partial charge in [-0.05, 0) is 55.3 Å². The maximum atomic E-state index is 5.75. The van der Waals surface area contributed by atoms with E-state index in [0.717, 1.165) is 24.7 Å². The zero-order valence-electron chi connectivity index (χ0n) is 11.4. The largest absolute Gasteiger partial charge is 0.493 e. The van der Waals surface area contributed by atoms with Gasteiger partial charge in [-0.2, -0.15) is 11.8 Å². The summed E-state index contributed by atoms with van der Waals surface area (Å²) in [5, 5.41) is 3.62. The minimum absolute atomic E-state index is 0.556. The second-order valence-corrected chi connectivity index (χ2v) is 5.73. The summed E-state index contributed by atoms with van der Waals surface area (Å²) < 4.78 is 5.75. The van der Waals surface area contributed by atoms with Crippen molar-refractivity contribution in [2.75, 3.05) is 25.2 Å². The molecular weight excluding hydrogens is 242 g/mol. The zero-order valence-corrected chi connectivity index (χ0v) is 12.2. The van der Waals surface area contributed by atoms with Crippen LogP contribution >= 0.6 is 11.8 Å². The first-order valence-electron chi connectivity index (χ1n) is 6.83. The molecule has 0 aliphatic heterocycles. The Bertz CT molecular complexity index is 381. The molecule has 0 aromatic heterocycles. The van der Waals surface area contributed by atoms with Crippen LogP contribution < -0.4 is 10.1 Å². The van der Waals surface area contributed by atoms with Crippen LogP contribution in [0.15, 0.2) is 18.2 Å². The van der Waals surface area contributed by atoms with Crippen molar-refractivity contribution in [1.82, 2.24) is 5.32 Å². The van der Waals surface area contributed by atoms with E-state index in [2.05, 4.69) is 36.7 Å². The lowest BCUT2D eigenvalue weighted by Crippen LogP contribution is -2.19. The molecule has 0 saturated carbocycles. The third-order valence-electron chi connectivity index (χ3n) is 3.39. The van der Waals surface area contributed by atoms with Crippen LogP contribution in [0.5, 0.6) is 5.75 Å². The van der Waals surface area contributed by atoms with Gasteiger partial charge in [0.25, 0.3) is 0 Å². The lowest BCUT2D eigenvalue weighted by atomic mass is 10.1. The van der Waals surface area contributed by atoms with Crippen LogP contribution in [0, 0.1) is 0 Å². The molecule has 1 unspecified atom stereocenters. The number of hydrogen-bond acceptors (Lipinski definition) is 3. The number of nitrogens with one attached hydrogen (secondary N) is 1. The van der Waals surface area contributed by atoms with Crippen molar-refractivity contribution < 1.29 is 4.74 Å². The van der Waals surface area contributed by atoms with Gasteiger partial charge < -0.3 is 10.1 Å². The van der Waals surface area contributed by atoms with Crippen LogP contribution in [0.25, 0.3) is 0 Å². The maximum absolute atomic E-state index is 5.75. The van der Waals surface area contributed by atoms with Gasteiger partial charge in [0.15, 0.2) is 0 Å². The fraction of sp³-hybridized carbons (Fsp3) is 0.600. The molecule has 1 aromatic carbocycles. The quantitative estimate of drug-likeness (QED) is 0.763. The Labute approximate surface area is 114 Å². The van der Waals surface area contributed by atoms with Gasteiger partial charge in [-0.25, -0.2) is 0 Å². The van der Waals surface area contributed by atoms with E-state index < -0.39 is 0 Å². The predicted octanol–water partition coefficient (Wildman–Crippen LogP) is 3.42. The molecule has 1 aromatic rings. The first-order chi connectivity index (χ1) is 8.85. The van der Waals surface area contributed by atoms with Crippen molar-refractivity contribution in [3.63, 3.8) is 0 Å². The molecule has 2 nitrogen and oxygen atoms in total. The Hall–Kier alpha value is -0.670. The monoisotopic (exact) mass is 265 g/mol. The summed E-state index contributed by atoms with van der Waals surface area (Å²) in [6.07, 6.45) is 5.71. The standard InChI is InChI=1S/C15H23NOS/c1-3-8-16-15-7-4-12-11-13(5-6-14(12)15)17-9-10-18-2/h5-6,11,15-16H,3-4,7-10H2,1-2H3. The summed E-state index contributed by atoms with van der Waals surface area (Å²) in [7, 11) is 0. The molecular formula is C15H23NOS. The number of aryl methyl sites for hydroxylation is 1. The second kappa shape index (κ2) is 7.05. The van der Waals surface area contributed by atoms with Gasteiger partial charge in [0.1, 0.15) is 5.75 Å². The van der Waals surface area contributed by atoms with Crippen LogP contribution in [0.2, 0.25) is 0 Å². The van der Waals surface area contributed by atoms with Crippen LogP contribution in [-0.4, -0.2) is 25.2 Å². The van der Waals surface area contributed by atoms with Crippen LogP contribution in [0.1, 0.15) is 36.9 Å². The van der Waals surface area contributed by atoms with Crippen LogP contribution in [-0.2, 0) is 6.42 Å². The molecule has 1 N–H and O–H groups in total. The van der Waals surface area contributed by atoms with Gasteiger partial charge in [0.05, 0.1) is 6.61 Å². The number of fused-ring (bicyclic) bond motifs is 1. The van der Waals surface area contributed by atoms with Gasteiger partial charge in [-0.1, -0.05) is 13.0 Å². The Morgan fingerprint density at radius 1 is 1.44 bits per heavy atom. The molecule has 1 aliphatic carbocycles. The second-order valence-electron chi connectivity index (χ2n) is 4.75. The maximum Gasteiger partial charge on any atom is 0.119 e. The topological polar surface area (TPSA) is 21.3 Å². The highest BCUT2D eigenvalue weighted by Gasteiger charge is 2.21. The lowest BCUT2D eigenvalue weighted by molar-refractivity contribution is 0.343. The van der Waals surface area contributed by atoms with E-state index in [9.17, 15) is 0 Å². The van der Waals surface area contributed by atoms with Gasteiger partial charge in [0.2, 0.25) is 0 Å². The summed E-state index contributed by atoms with van der Waals surface area (Å²) in [6.45, 7) is 4.12. The Kier molecular flexibility index (Phi) is 5.39. The Morgan fingerprint density at radius 2 is 2.33 bits per heavy atom. The van der Waals surface area contributed by atoms with Crippen LogP contribution in [0.3, 0.4) is 0 Å². The van der Waals surface area contributed by atoms with Gasteiger partial charge in [-0.3, -0.25) is 0 Å². The van der Waals surface area contributed by atoms with Crippen molar-refractivity contribution in [3.05, 3.63) is 29.3 Å². The van der Waals surface area contributed by atoms with Gasteiger partial charge in [0, 0.05) is 11.8 Å². The summed E-state index contributed by atoms with van der Waals surface area (Å²) >= 11 is 1.82. The Balaban J connectivity index is 1.96. The summed E-state index contributed by atoms with van der Waals surface area (Å²) in [4.78, 5) is 0. The van der Waals surface area contributed by atoms with E-state index in [0.29, 0.717) is 6.04 Å². The fourth-order valence-corrected chi connectivity index (χ4v) is 2.71. The van der Waals surface area contributed by atoms with E-state index in [1.807, 2.05) is 11.8 Å². The summed E-state index contributed by atoms with van der Waals surface area (Å²) in [6, 6.07) is 7.14.